The van der Waals surface area contributed by atoms with Gasteiger partial charge in [0.1, 0.15) is 0 Å². The van der Waals surface area contributed by atoms with Gasteiger partial charge in [0.25, 0.3) is 0 Å². The average Bonchev–Trinajstić information content (AvgIpc) is 2.35. The molecule has 3 heteroatoms. The minimum absolute atomic E-state index is 0.0921. The summed E-state index contributed by atoms with van der Waals surface area (Å²) >= 11 is 0. The molecule has 0 heterocycles. The number of aliphatic hydroxyl groups is 1. The van der Waals surface area contributed by atoms with Crippen molar-refractivity contribution in [2.45, 2.75) is 81.8 Å². The smallest absolute Gasteiger partial charge is 0.224 e. The van der Waals surface area contributed by atoms with Crippen LogP contribution in [0.3, 0.4) is 0 Å². The Morgan fingerprint density at radius 2 is 2.00 bits per heavy atom. The van der Waals surface area contributed by atoms with Crippen molar-refractivity contribution in [3.05, 3.63) is 11.6 Å². The van der Waals surface area contributed by atoms with Gasteiger partial charge in [0.05, 0.1) is 5.60 Å². The number of rotatable bonds is 3. The quantitative estimate of drug-likeness (QED) is 0.784. The van der Waals surface area contributed by atoms with E-state index >= 15 is 0 Å². The molecule has 0 saturated heterocycles. The topological polar surface area (TPSA) is 49.3 Å². The van der Waals surface area contributed by atoms with Crippen LogP contribution in [0.4, 0.5) is 0 Å². The van der Waals surface area contributed by atoms with Gasteiger partial charge < -0.3 is 10.4 Å². The first-order valence-electron chi connectivity index (χ1n) is 8.76. The van der Waals surface area contributed by atoms with Crippen molar-refractivity contribution in [2.75, 3.05) is 0 Å². The number of allylic oxidation sites excluding steroid dienone is 1. The van der Waals surface area contributed by atoms with E-state index in [4.69, 9.17) is 0 Å². The van der Waals surface area contributed by atoms with Crippen LogP contribution in [0.15, 0.2) is 11.6 Å². The van der Waals surface area contributed by atoms with Gasteiger partial charge in [-0.2, -0.15) is 0 Å². The molecule has 1 amide bonds. The molecule has 2 unspecified atom stereocenters. The molecule has 0 radical (unpaired) electrons. The molecule has 0 aromatic heterocycles. The van der Waals surface area contributed by atoms with E-state index in [9.17, 15) is 9.90 Å². The van der Waals surface area contributed by atoms with E-state index in [2.05, 4.69) is 11.4 Å². The molecular formula is C18H27NO2. The Labute approximate surface area is 127 Å². The highest BCUT2D eigenvalue weighted by atomic mass is 16.3. The van der Waals surface area contributed by atoms with Gasteiger partial charge in [-0.05, 0) is 76.0 Å². The maximum Gasteiger partial charge on any atom is 0.224 e. The maximum absolute atomic E-state index is 12.5. The molecule has 0 aromatic carbocycles. The molecule has 4 bridgehead atoms. The number of amides is 1. The molecule has 116 valence electrons. The van der Waals surface area contributed by atoms with Crippen LogP contribution in [0.1, 0.15) is 70.6 Å². The molecule has 3 nitrogen and oxygen atoms in total. The number of carbonyl (C=O) groups is 1. The zero-order chi connectivity index (χ0) is 14.5. The predicted molar refractivity (Wildman–Crippen MR) is 81.7 cm³/mol. The summed E-state index contributed by atoms with van der Waals surface area (Å²) in [6, 6.07) is 0. The predicted octanol–water partition coefficient (Wildman–Crippen LogP) is 3.08. The minimum atomic E-state index is -0.485. The van der Waals surface area contributed by atoms with Crippen molar-refractivity contribution in [3.63, 3.8) is 0 Å². The van der Waals surface area contributed by atoms with E-state index in [1.54, 1.807) is 0 Å². The Hall–Kier alpha value is -0.830. The van der Waals surface area contributed by atoms with Crippen LogP contribution >= 0.6 is 0 Å². The fraction of sp³-hybridized carbons (Fsp3) is 0.833. The second-order valence-electron chi connectivity index (χ2n) is 8.30. The fourth-order valence-electron chi connectivity index (χ4n) is 5.97. The highest BCUT2D eigenvalue weighted by Gasteiger charge is 2.57. The van der Waals surface area contributed by atoms with E-state index < -0.39 is 5.60 Å². The van der Waals surface area contributed by atoms with Crippen molar-refractivity contribution < 1.29 is 9.90 Å². The van der Waals surface area contributed by atoms with Crippen LogP contribution in [-0.4, -0.2) is 22.2 Å². The molecule has 21 heavy (non-hydrogen) atoms. The van der Waals surface area contributed by atoms with Crippen LogP contribution in [-0.2, 0) is 4.79 Å². The lowest BCUT2D eigenvalue weighted by atomic mass is 9.51. The summed E-state index contributed by atoms with van der Waals surface area (Å²) in [7, 11) is 0. The third-order valence-corrected chi connectivity index (χ3v) is 6.21. The second-order valence-corrected chi connectivity index (χ2v) is 8.30. The molecule has 0 spiro atoms. The molecular weight excluding hydrogens is 262 g/mol. The lowest BCUT2D eigenvalue weighted by molar-refractivity contribution is -0.150. The molecule has 4 saturated carbocycles. The standard InChI is InChI=1S/C18H27NO2/c20-16(7-13-4-2-1-3-5-13)19-17-8-14-6-15(9-17)11-18(21,10-14)12-17/h4,14-15,21H,1-3,5-12H2,(H,19,20)/t14-,15+,17?,18?. The van der Waals surface area contributed by atoms with Gasteiger partial charge in [0.2, 0.25) is 5.91 Å². The van der Waals surface area contributed by atoms with E-state index in [-0.39, 0.29) is 11.4 Å². The lowest BCUT2D eigenvalue weighted by Crippen LogP contribution is -2.65. The van der Waals surface area contributed by atoms with Crippen molar-refractivity contribution in [1.29, 1.82) is 0 Å². The zero-order valence-corrected chi connectivity index (χ0v) is 12.9. The molecule has 0 aliphatic heterocycles. The second kappa shape index (κ2) is 4.84. The summed E-state index contributed by atoms with van der Waals surface area (Å²) in [5, 5.41) is 14.1. The van der Waals surface area contributed by atoms with Crippen molar-refractivity contribution >= 4 is 5.91 Å². The molecule has 5 aliphatic rings. The van der Waals surface area contributed by atoms with Gasteiger partial charge in [0.15, 0.2) is 0 Å². The van der Waals surface area contributed by atoms with Gasteiger partial charge in [-0.1, -0.05) is 11.6 Å². The SMILES string of the molecule is O=C(CC1=CCCCC1)NC12C[C@@H]3C[C@@H](CC(O)(C3)C1)C2. The number of hydrogen-bond acceptors (Lipinski definition) is 2. The Morgan fingerprint density at radius 3 is 2.62 bits per heavy atom. The van der Waals surface area contributed by atoms with Crippen LogP contribution in [0.25, 0.3) is 0 Å². The van der Waals surface area contributed by atoms with Crippen LogP contribution in [0.5, 0.6) is 0 Å². The summed E-state index contributed by atoms with van der Waals surface area (Å²) < 4.78 is 0. The molecule has 2 N–H and O–H groups in total. The van der Waals surface area contributed by atoms with Crippen molar-refractivity contribution in [3.8, 4) is 0 Å². The summed E-state index contributed by atoms with van der Waals surface area (Å²) in [5.41, 5.74) is 0.745. The van der Waals surface area contributed by atoms with Crippen LogP contribution in [0.2, 0.25) is 0 Å². The fourth-order valence-corrected chi connectivity index (χ4v) is 5.97. The van der Waals surface area contributed by atoms with Crippen molar-refractivity contribution in [1.82, 2.24) is 5.32 Å². The van der Waals surface area contributed by atoms with Crippen molar-refractivity contribution in [2.24, 2.45) is 11.8 Å². The molecule has 0 aromatic rings. The largest absolute Gasteiger partial charge is 0.390 e. The first kappa shape index (κ1) is 13.8. The zero-order valence-electron chi connectivity index (χ0n) is 12.9. The van der Waals surface area contributed by atoms with Crippen LogP contribution < -0.4 is 5.32 Å². The first-order chi connectivity index (χ1) is 10.0. The Bertz CT molecular complexity index is 468. The third-order valence-electron chi connectivity index (χ3n) is 6.21. The summed E-state index contributed by atoms with van der Waals surface area (Å²) in [4.78, 5) is 12.5. The first-order valence-corrected chi connectivity index (χ1v) is 8.76. The normalized spacial score (nSPS) is 44.5. The van der Waals surface area contributed by atoms with E-state index in [1.807, 2.05) is 0 Å². The van der Waals surface area contributed by atoms with Gasteiger partial charge in [0, 0.05) is 12.0 Å². The Balaban J connectivity index is 1.44. The highest BCUT2D eigenvalue weighted by Crippen LogP contribution is 2.57. The van der Waals surface area contributed by atoms with E-state index in [0.717, 1.165) is 44.9 Å². The van der Waals surface area contributed by atoms with Crippen LogP contribution in [0, 0.1) is 11.8 Å². The van der Waals surface area contributed by atoms with Gasteiger partial charge in [-0.25, -0.2) is 0 Å². The maximum atomic E-state index is 12.5. The minimum Gasteiger partial charge on any atom is -0.390 e. The number of hydrogen-bond donors (Lipinski definition) is 2. The monoisotopic (exact) mass is 289 g/mol. The number of nitrogens with one attached hydrogen (secondary N) is 1. The highest BCUT2D eigenvalue weighted by molar-refractivity contribution is 5.79. The van der Waals surface area contributed by atoms with E-state index in [0.29, 0.717) is 18.3 Å². The van der Waals surface area contributed by atoms with E-state index in [1.165, 1.54) is 24.8 Å². The lowest BCUT2D eigenvalue weighted by Gasteiger charge is -2.60. The molecule has 5 rings (SSSR count). The number of carbonyl (C=O) groups excluding carboxylic acids is 1. The van der Waals surface area contributed by atoms with Gasteiger partial charge in [-0.3, -0.25) is 4.79 Å². The summed E-state index contributed by atoms with van der Waals surface area (Å²) in [5.74, 6) is 1.45. The molecule has 4 fully saturated rings. The summed E-state index contributed by atoms with van der Waals surface area (Å²) in [6.07, 6.45) is 13.7. The third kappa shape index (κ3) is 2.65. The Kier molecular flexibility index (Phi) is 3.18. The molecule has 5 aliphatic carbocycles. The molecule has 4 atom stereocenters. The van der Waals surface area contributed by atoms with Gasteiger partial charge in [-0.15, -0.1) is 0 Å². The van der Waals surface area contributed by atoms with Gasteiger partial charge >= 0.3 is 0 Å². The summed E-state index contributed by atoms with van der Waals surface area (Å²) in [6.45, 7) is 0. The average molecular weight is 289 g/mol. The Morgan fingerprint density at radius 1 is 1.24 bits per heavy atom.